The Labute approximate surface area is 130 Å². The Bertz CT molecular complexity index is 517. The van der Waals surface area contributed by atoms with Crippen molar-refractivity contribution in [1.29, 1.82) is 0 Å². The van der Waals surface area contributed by atoms with Gasteiger partial charge in [0.05, 0.1) is 12.0 Å². The molecular weight excluding hydrogens is 282 g/mol. The number of hydrogen-bond donors (Lipinski definition) is 1. The first kappa shape index (κ1) is 16.5. The average Bonchev–Trinajstić information content (AvgIpc) is 2.98. The Morgan fingerprint density at radius 2 is 2.00 bits per heavy atom. The van der Waals surface area contributed by atoms with Gasteiger partial charge in [-0.05, 0) is 18.9 Å². The number of methoxy groups -OCH3 is 1. The second-order valence-electron chi connectivity index (χ2n) is 5.85. The van der Waals surface area contributed by atoms with Crippen molar-refractivity contribution in [3.05, 3.63) is 35.9 Å². The third-order valence-electron chi connectivity index (χ3n) is 4.38. The van der Waals surface area contributed by atoms with E-state index in [1.807, 2.05) is 37.3 Å². The highest BCUT2D eigenvalue weighted by Gasteiger charge is 2.40. The first-order valence-electron chi connectivity index (χ1n) is 7.61. The summed E-state index contributed by atoms with van der Waals surface area (Å²) in [5, 5.41) is 9.44. The van der Waals surface area contributed by atoms with Crippen molar-refractivity contribution in [3.63, 3.8) is 0 Å². The number of hydrogen-bond acceptors (Lipinski definition) is 3. The van der Waals surface area contributed by atoms with Gasteiger partial charge in [0, 0.05) is 32.5 Å². The number of benzene rings is 1. The molecule has 3 unspecified atom stereocenters. The molecule has 120 valence electrons. The van der Waals surface area contributed by atoms with Gasteiger partial charge in [-0.2, -0.15) is 0 Å². The molecule has 1 aromatic carbocycles. The summed E-state index contributed by atoms with van der Waals surface area (Å²) in [5.41, 5.74) is 0.982. The highest BCUT2D eigenvalue weighted by atomic mass is 16.5. The van der Waals surface area contributed by atoms with Crippen LogP contribution in [0.15, 0.2) is 30.3 Å². The van der Waals surface area contributed by atoms with Crippen molar-refractivity contribution < 1.29 is 19.4 Å². The average molecular weight is 305 g/mol. The molecule has 0 bridgehead atoms. The molecule has 1 aliphatic rings. The van der Waals surface area contributed by atoms with E-state index in [1.54, 1.807) is 12.0 Å². The maximum atomic E-state index is 12.3. The van der Waals surface area contributed by atoms with Gasteiger partial charge in [-0.25, -0.2) is 0 Å². The van der Waals surface area contributed by atoms with Gasteiger partial charge in [-0.3, -0.25) is 9.59 Å². The van der Waals surface area contributed by atoms with Gasteiger partial charge in [0.15, 0.2) is 0 Å². The van der Waals surface area contributed by atoms with E-state index >= 15 is 0 Å². The van der Waals surface area contributed by atoms with Crippen LogP contribution in [0.5, 0.6) is 0 Å². The summed E-state index contributed by atoms with van der Waals surface area (Å²) in [6.45, 7) is 2.68. The maximum Gasteiger partial charge on any atom is 0.308 e. The standard InChI is InChI=1S/C17H23NO4/c1-12(22-2)8-9-16(19)18-10-14(15(11-18)17(20)21)13-6-4-3-5-7-13/h3-7,12,14-15H,8-11H2,1-2H3,(H,20,21). The van der Waals surface area contributed by atoms with E-state index in [0.29, 0.717) is 19.4 Å². The summed E-state index contributed by atoms with van der Waals surface area (Å²) in [4.78, 5) is 25.5. The van der Waals surface area contributed by atoms with Crippen LogP contribution in [0.25, 0.3) is 0 Å². The molecule has 0 saturated carbocycles. The van der Waals surface area contributed by atoms with E-state index in [0.717, 1.165) is 5.56 Å². The van der Waals surface area contributed by atoms with Crippen LogP contribution in [0, 0.1) is 5.92 Å². The Morgan fingerprint density at radius 3 is 2.59 bits per heavy atom. The third-order valence-corrected chi connectivity index (χ3v) is 4.38. The van der Waals surface area contributed by atoms with Crippen molar-refractivity contribution in [2.45, 2.75) is 31.8 Å². The lowest BCUT2D eigenvalue weighted by molar-refractivity contribution is -0.141. The highest BCUT2D eigenvalue weighted by molar-refractivity contribution is 5.79. The van der Waals surface area contributed by atoms with Gasteiger partial charge < -0.3 is 14.7 Å². The van der Waals surface area contributed by atoms with Crippen LogP contribution < -0.4 is 0 Å². The fraction of sp³-hybridized carbons (Fsp3) is 0.529. The van der Waals surface area contributed by atoms with Gasteiger partial charge in [-0.1, -0.05) is 30.3 Å². The number of likely N-dealkylation sites (tertiary alicyclic amines) is 1. The zero-order valence-corrected chi connectivity index (χ0v) is 13.1. The molecule has 1 aliphatic heterocycles. The minimum atomic E-state index is -0.839. The highest BCUT2D eigenvalue weighted by Crippen LogP contribution is 2.33. The van der Waals surface area contributed by atoms with E-state index in [2.05, 4.69) is 0 Å². The minimum Gasteiger partial charge on any atom is -0.481 e. The normalized spacial score (nSPS) is 22.5. The van der Waals surface area contributed by atoms with Crippen molar-refractivity contribution >= 4 is 11.9 Å². The van der Waals surface area contributed by atoms with Crippen LogP contribution in [-0.2, 0) is 14.3 Å². The van der Waals surface area contributed by atoms with E-state index in [1.165, 1.54) is 0 Å². The van der Waals surface area contributed by atoms with Crippen LogP contribution in [0.4, 0.5) is 0 Å². The number of rotatable bonds is 6. The van der Waals surface area contributed by atoms with Gasteiger partial charge in [-0.15, -0.1) is 0 Å². The Kier molecular flexibility index (Phi) is 5.55. The quantitative estimate of drug-likeness (QED) is 0.874. The Hall–Kier alpha value is -1.88. The summed E-state index contributed by atoms with van der Waals surface area (Å²) in [6.07, 6.45) is 1.08. The molecule has 1 N–H and O–H groups in total. The predicted octanol–water partition coefficient (Wildman–Crippen LogP) is 2.13. The topological polar surface area (TPSA) is 66.8 Å². The molecule has 1 saturated heterocycles. The van der Waals surface area contributed by atoms with E-state index in [4.69, 9.17) is 4.74 Å². The van der Waals surface area contributed by atoms with E-state index in [-0.39, 0.29) is 24.5 Å². The number of aliphatic carboxylic acids is 1. The molecule has 0 radical (unpaired) electrons. The molecule has 2 rings (SSSR count). The van der Waals surface area contributed by atoms with Crippen LogP contribution in [-0.4, -0.2) is 48.2 Å². The zero-order valence-electron chi connectivity index (χ0n) is 13.1. The number of ether oxygens (including phenoxy) is 1. The molecule has 1 fully saturated rings. The van der Waals surface area contributed by atoms with Crippen LogP contribution >= 0.6 is 0 Å². The van der Waals surface area contributed by atoms with Crippen LogP contribution in [0.1, 0.15) is 31.2 Å². The Morgan fingerprint density at radius 1 is 1.32 bits per heavy atom. The number of carboxylic acids is 1. The van der Waals surface area contributed by atoms with Crippen molar-refractivity contribution in [2.24, 2.45) is 5.92 Å². The smallest absolute Gasteiger partial charge is 0.308 e. The number of carboxylic acid groups (broad SMARTS) is 1. The molecule has 22 heavy (non-hydrogen) atoms. The first-order valence-corrected chi connectivity index (χ1v) is 7.61. The van der Waals surface area contributed by atoms with Gasteiger partial charge in [0.25, 0.3) is 0 Å². The van der Waals surface area contributed by atoms with Gasteiger partial charge in [0.2, 0.25) is 5.91 Å². The second kappa shape index (κ2) is 7.40. The maximum absolute atomic E-state index is 12.3. The zero-order chi connectivity index (χ0) is 16.1. The fourth-order valence-electron chi connectivity index (χ4n) is 2.90. The van der Waals surface area contributed by atoms with E-state index in [9.17, 15) is 14.7 Å². The third kappa shape index (κ3) is 3.85. The van der Waals surface area contributed by atoms with Crippen LogP contribution in [0.2, 0.25) is 0 Å². The molecule has 5 nitrogen and oxygen atoms in total. The molecule has 1 amide bonds. The van der Waals surface area contributed by atoms with Crippen molar-refractivity contribution in [2.75, 3.05) is 20.2 Å². The summed E-state index contributed by atoms with van der Waals surface area (Å²) in [7, 11) is 1.62. The lowest BCUT2D eigenvalue weighted by atomic mass is 9.89. The summed E-state index contributed by atoms with van der Waals surface area (Å²) in [6, 6.07) is 9.57. The van der Waals surface area contributed by atoms with Crippen molar-refractivity contribution in [3.8, 4) is 0 Å². The molecule has 0 spiro atoms. The largest absolute Gasteiger partial charge is 0.481 e. The molecule has 1 heterocycles. The Balaban J connectivity index is 2.04. The molecule has 0 aliphatic carbocycles. The monoisotopic (exact) mass is 305 g/mol. The lowest BCUT2D eigenvalue weighted by Crippen LogP contribution is -2.30. The molecule has 0 aromatic heterocycles. The minimum absolute atomic E-state index is 0.00795. The SMILES string of the molecule is COC(C)CCC(=O)N1CC(C(=O)O)C(c2ccccc2)C1. The summed E-state index contributed by atoms with van der Waals surface area (Å²) < 4.78 is 5.15. The summed E-state index contributed by atoms with van der Waals surface area (Å²) >= 11 is 0. The number of carbonyl (C=O) groups excluding carboxylic acids is 1. The fourth-order valence-corrected chi connectivity index (χ4v) is 2.90. The molecule has 3 atom stereocenters. The van der Waals surface area contributed by atoms with Crippen molar-refractivity contribution in [1.82, 2.24) is 4.90 Å². The summed E-state index contributed by atoms with van der Waals surface area (Å²) in [5.74, 6) is -1.50. The number of carbonyl (C=O) groups is 2. The molecule has 1 aromatic rings. The van der Waals surface area contributed by atoms with E-state index < -0.39 is 11.9 Å². The number of amides is 1. The molecule has 5 heteroatoms. The number of nitrogens with zero attached hydrogens (tertiary/aromatic N) is 1. The first-order chi connectivity index (χ1) is 10.5. The second-order valence-corrected chi connectivity index (χ2v) is 5.85. The predicted molar refractivity (Wildman–Crippen MR) is 82.6 cm³/mol. The molecular formula is C17H23NO4. The van der Waals surface area contributed by atoms with Gasteiger partial charge >= 0.3 is 5.97 Å². The van der Waals surface area contributed by atoms with Crippen LogP contribution in [0.3, 0.4) is 0 Å². The lowest BCUT2D eigenvalue weighted by Gasteiger charge is -2.17. The van der Waals surface area contributed by atoms with Gasteiger partial charge in [0.1, 0.15) is 0 Å².